The number of hydrogen-bond donors (Lipinski definition) is 3. The minimum absolute atomic E-state index is 0.0771. The summed E-state index contributed by atoms with van der Waals surface area (Å²) < 4.78 is 20.7. The molecule has 212 valence electrons. The smallest absolute Gasteiger partial charge is 0.320 e. The predicted octanol–water partition coefficient (Wildman–Crippen LogP) is 3.13. The first-order valence-corrected chi connectivity index (χ1v) is 14.5. The second-order valence-corrected chi connectivity index (χ2v) is 12.1. The number of alkyl halides is 1. The number of anilines is 1. The van der Waals surface area contributed by atoms with Crippen molar-refractivity contribution in [3.8, 4) is 23.1 Å². The van der Waals surface area contributed by atoms with Gasteiger partial charge in [-0.15, -0.1) is 0 Å². The topological polar surface area (TPSA) is 120 Å². The lowest BCUT2D eigenvalue weighted by molar-refractivity contribution is 0.107. The van der Waals surface area contributed by atoms with Gasteiger partial charge >= 0.3 is 6.01 Å². The lowest BCUT2D eigenvalue weighted by atomic mass is 9.95. The molecule has 0 amide bonds. The summed E-state index contributed by atoms with van der Waals surface area (Å²) in [6.07, 6.45) is 3.65. The minimum Gasteiger partial charge on any atom is -0.508 e. The molecule has 4 atom stereocenters. The molecular formula is C30H32FN7O3. The number of phenolic OH excluding ortho intramolecular Hbond substituents is 1. The van der Waals surface area contributed by atoms with Crippen molar-refractivity contribution in [1.82, 2.24) is 30.2 Å². The first-order valence-electron chi connectivity index (χ1n) is 14.5. The van der Waals surface area contributed by atoms with E-state index in [2.05, 4.69) is 25.1 Å². The van der Waals surface area contributed by atoms with Crippen LogP contribution in [-0.2, 0) is 0 Å². The molecule has 2 aromatic heterocycles. The van der Waals surface area contributed by atoms with Crippen LogP contribution in [0.15, 0.2) is 41.2 Å². The number of benzene rings is 2. The molecule has 10 nitrogen and oxygen atoms in total. The third kappa shape index (κ3) is 4.21. The Morgan fingerprint density at radius 3 is 2.78 bits per heavy atom. The number of aromatic hydroxyl groups is 1. The second kappa shape index (κ2) is 9.35. The Bertz CT molecular complexity index is 1720. The van der Waals surface area contributed by atoms with E-state index in [1.165, 1.54) is 0 Å². The van der Waals surface area contributed by atoms with Gasteiger partial charge in [0.1, 0.15) is 29.7 Å². The van der Waals surface area contributed by atoms with E-state index in [9.17, 15) is 14.3 Å². The van der Waals surface area contributed by atoms with Crippen molar-refractivity contribution in [1.29, 1.82) is 0 Å². The number of hydrogen-bond acceptors (Lipinski definition) is 9. The Morgan fingerprint density at radius 2 is 1.93 bits per heavy atom. The number of halogens is 1. The molecule has 2 bridgehead atoms. The quantitative estimate of drug-likeness (QED) is 0.340. The second-order valence-electron chi connectivity index (χ2n) is 12.1. The highest BCUT2D eigenvalue weighted by molar-refractivity contribution is 5.97. The van der Waals surface area contributed by atoms with Crippen LogP contribution in [0.5, 0.6) is 11.8 Å². The molecule has 6 heterocycles. The molecule has 41 heavy (non-hydrogen) atoms. The number of piperazine rings is 1. The summed E-state index contributed by atoms with van der Waals surface area (Å²) in [4.78, 5) is 35.3. The van der Waals surface area contributed by atoms with E-state index in [-0.39, 0.29) is 28.5 Å². The maximum absolute atomic E-state index is 14.4. The van der Waals surface area contributed by atoms with Crippen molar-refractivity contribution in [3.05, 3.63) is 46.8 Å². The van der Waals surface area contributed by atoms with Crippen LogP contribution in [0.25, 0.3) is 33.2 Å². The summed E-state index contributed by atoms with van der Waals surface area (Å²) >= 11 is 0. The maximum Gasteiger partial charge on any atom is 0.320 e. The summed E-state index contributed by atoms with van der Waals surface area (Å²) in [5, 5.41) is 16.0. The number of aromatic amines is 1. The van der Waals surface area contributed by atoms with E-state index in [0.29, 0.717) is 54.2 Å². The van der Waals surface area contributed by atoms with Crippen LogP contribution in [-0.4, -0.2) is 86.5 Å². The van der Waals surface area contributed by atoms with Gasteiger partial charge in [0.05, 0.1) is 5.54 Å². The van der Waals surface area contributed by atoms with Crippen LogP contribution in [0, 0.1) is 0 Å². The lowest BCUT2D eigenvalue weighted by Gasteiger charge is -2.34. The lowest BCUT2D eigenvalue weighted by Crippen LogP contribution is -2.51. The zero-order chi connectivity index (χ0) is 27.7. The van der Waals surface area contributed by atoms with E-state index >= 15 is 0 Å². The predicted molar refractivity (Wildman–Crippen MR) is 153 cm³/mol. The summed E-state index contributed by atoms with van der Waals surface area (Å²) in [5.41, 5.74) is 0.140. The van der Waals surface area contributed by atoms with Crippen molar-refractivity contribution in [2.45, 2.75) is 55.9 Å². The van der Waals surface area contributed by atoms with Crippen molar-refractivity contribution >= 4 is 27.6 Å². The number of ether oxygens (including phenoxy) is 1. The van der Waals surface area contributed by atoms with Gasteiger partial charge in [-0.3, -0.25) is 9.69 Å². The monoisotopic (exact) mass is 557 g/mol. The molecule has 11 heteroatoms. The molecule has 2 unspecified atom stereocenters. The van der Waals surface area contributed by atoms with Crippen LogP contribution in [0.4, 0.5) is 10.2 Å². The zero-order valence-corrected chi connectivity index (χ0v) is 22.6. The van der Waals surface area contributed by atoms with Crippen molar-refractivity contribution in [2.75, 3.05) is 37.7 Å². The summed E-state index contributed by atoms with van der Waals surface area (Å²) in [6, 6.07) is 11.7. The Kier molecular flexibility index (Phi) is 5.68. The number of rotatable bonds is 5. The van der Waals surface area contributed by atoms with E-state index in [1.54, 1.807) is 12.1 Å². The Hall–Kier alpha value is -3.83. The van der Waals surface area contributed by atoms with Gasteiger partial charge in [0, 0.05) is 43.7 Å². The standard InChI is InChI=1S/C30H32FN7O3/c31-18-12-30(8-3-9-38(30)13-18)16-41-29-35-26-24(27(36-29)37-14-19-6-7-20(15-37)32-19)28(40)34-25(33-26)23-11-21(39)10-17-4-1-2-5-22(17)23/h1-2,4-5,10-11,18-20,32,39H,3,6-9,12-16H2,(H,33,34,35,36,40)/t18-,19?,20?,30+/m1/s1. The molecule has 8 rings (SSSR count). The Labute approximate surface area is 235 Å². The molecule has 4 aliphatic heterocycles. The molecule has 4 aliphatic rings. The number of aromatic nitrogens is 4. The molecule has 4 saturated heterocycles. The zero-order valence-electron chi connectivity index (χ0n) is 22.6. The fourth-order valence-electron chi connectivity index (χ4n) is 7.53. The number of nitrogens with one attached hydrogen (secondary N) is 2. The number of fused-ring (bicyclic) bond motifs is 5. The average Bonchev–Trinajstić information content (AvgIpc) is 3.61. The number of phenols is 1. The fourth-order valence-corrected chi connectivity index (χ4v) is 7.53. The van der Waals surface area contributed by atoms with E-state index in [1.807, 2.05) is 24.3 Å². The van der Waals surface area contributed by atoms with Gasteiger partial charge in [-0.1, -0.05) is 24.3 Å². The highest BCUT2D eigenvalue weighted by atomic mass is 19.1. The van der Waals surface area contributed by atoms with Crippen LogP contribution >= 0.6 is 0 Å². The highest BCUT2D eigenvalue weighted by Gasteiger charge is 2.49. The van der Waals surface area contributed by atoms with Gasteiger partial charge in [0.2, 0.25) is 0 Å². The summed E-state index contributed by atoms with van der Waals surface area (Å²) in [6.45, 7) is 3.05. The van der Waals surface area contributed by atoms with Gasteiger partial charge in [-0.25, -0.2) is 9.37 Å². The molecule has 0 spiro atoms. The van der Waals surface area contributed by atoms with Gasteiger partial charge in [-0.05, 0) is 55.1 Å². The molecule has 4 aromatic rings. The first-order chi connectivity index (χ1) is 19.9. The van der Waals surface area contributed by atoms with Crippen molar-refractivity contribution in [3.63, 3.8) is 0 Å². The van der Waals surface area contributed by atoms with Crippen LogP contribution in [0.1, 0.15) is 32.1 Å². The van der Waals surface area contributed by atoms with Crippen LogP contribution in [0.2, 0.25) is 0 Å². The molecule has 0 aliphatic carbocycles. The largest absolute Gasteiger partial charge is 0.508 e. The molecule has 4 fully saturated rings. The van der Waals surface area contributed by atoms with Crippen LogP contribution in [0.3, 0.4) is 0 Å². The maximum atomic E-state index is 14.4. The van der Waals surface area contributed by atoms with Crippen molar-refractivity contribution < 1.29 is 14.2 Å². The molecule has 0 saturated carbocycles. The van der Waals surface area contributed by atoms with Crippen LogP contribution < -0.4 is 20.5 Å². The number of H-pyrrole nitrogens is 1. The highest BCUT2D eigenvalue weighted by Crippen LogP contribution is 2.40. The molecule has 3 N–H and O–H groups in total. The van der Waals surface area contributed by atoms with E-state index < -0.39 is 6.17 Å². The normalized spacial score (nSPS) is 27.6. The SMILES string of the molecule is O=c1[nH]c(-c2cc(O)cc3ccccc23)nc2nc(OC[C@@]34CCCN3C[C@H](F)C4)nc(N3CC4CCC(C3)N4)c12. The molecule has 0 radical (unpaired) electrons. The number of nitrogens with zero attached hydrogens (tertiary/aromatic N) is 5. The summed E-state index contributed by atoms with van der Waals surface area (Å²) in [7, 11) is 0. The molecule has 2 aromatic carbocycles. The average molecular weight is 558 g/mol. The van der Waals surface area contributed by atoms with E-state index in [0.717, 1.165) is 56.1 Å². The summed E-state index contributed by atoms with van der Waals surface area (Å²) in [5.74, 6) is 0.899. The Morgan fingerprint density at radius 1 is 1.10 bits per heavy atom. The van der Waals surface area contributed by atoms with Gasteiger partial charge in [-0.2, -0.15) is 9.97 Å². The fraction of sp³-hybridized carbons (Fsp3) is 0.467. The van der Waals surface area contributed by atoms with Crippen molar-refractivity contribution in [2.24, 2.45) is 0 Å². The third-order valence-electron chi connectivity index (χ3n) is 9.38. The first kappa shape index (κ1) is 24.9. The van der Waals surface area contributed by atoms with E-state index in [4.69, 9.17) is 14.7 Å². The van der Waals surface area contributed by atoms with Gasteiger partial charge in [0.15, 0.2) is 11.5 Å². The van der Waals surface area contributed by atoms with Gasteiger partial charge < -0.3 is 25.0 Å². The van der Waals surface area contributed by atoms with Gasteiger partial charge in [0.25, 0.3) is 5.56 Å². The third-order valence-corrected chi connectivity index (χ3v) is 9.38. The minimum atomic E-state index is -0.858. The molecular weight excluding hydrogens is 525 g/mol. The Balaban J connectivity index is 1.25.